The number of rotatable bonds is 13. The Kier molecular flexibility index (Phi) is 16.2. The first-order valence-corrected chi connectivity index (χ1v) is 26.0. The average molecular weight is 1140 g/mol. The number of benzene rings is 2. The molecule has 6 aliphatic heterocycles. The number of amides is 8. The lowest BCUT2D eigenvalue weighted by Gasteiger charge is -2.29. The summed E-state index contributed by atoms with van der Waals surface area (Å²) in [6.45, 7) is 1.74. The first-order valence-electron chi connectivity index (χ1n) is 25.5. The van der Waals surface area contributed by atoms with Crippen molar-refractivity contribution >= 4 is 81.5 Å². The zero-order chi connectivity index (χ0) is 56.8. The van der Waals surface area contributed by atoms with Gasteiger partial charge in [-0.05, 0) is 59.7 Å². The lowest BCUT2D eigenvalue weighted by atomic mass is 9.95. The summed E-state index contributed by atoms with van der Waals surface area (Å²) in [5, 5.41) is 8.91. The van der Waals surface area contributed by atoms with Crippen LogP contribution in [0.1, 0.15) is 69.0 Å². The highest BCUT2D eigenvalue weighted by atomic mass is 35.5. The summed E-state index contributed by atoms with van der Waals surface area (Å²) < 4.78 is 52.4. The van der Waals surface area contributed by atoms with E-state index in [1.807, 2.05) is 6.07 Å². The highest BCUT2D eigenvalue weighted by Crippen LogP contribution is 2.38. The lowest BCUT2D eigenvalue weighted by Crippen LogP contribution is -2.52. The standard InChI is InChI=1S/C27H26N4O9.C20H16N4O5.C7H11ClO4/c1-36-19-3-2-16-13-30(23(32)20(16)11-19)14-27(22-10-17-12-28-7-4-21(17)40-22)24(33)31(25(34)29-27)15-38-26(35)39-18-5-8-37-9-6-18;1-28-13-3-2-11-9-24(17(25)14(11)7-13)10-20(18(26)22-19(27)23-20)16-6-12-8-21-5-4-15(12)29-16;8-5-11-7(9)12-6-1-3-10-4-2-6/h2-4,7,10-12,18H,5-6,8-9,13-15H2,1H3,(H,29,34);2-8H,9-10H2,1H3,(H2,22,23,26,27);6H,1-5H2/t27-;20-;/m00./s1. The van der Waals surface area contributed by atoms with E-state index in [9.17, 15) is 38.4 Å². The monoisotopic (exact) mass is 1140 g/mol. The average Bonchev–Trinajstić information content (AvgIpc) is 4.50. The van der Waals surface area contributed by atoms with E-state index < -0.39 is 54.0 Å². The molecule has 27 heteroatoms. The Labute approximate surface area is 465 Å². The highest BCUT2D eigenvalue weighted by Gasteiger charge is 2.57. The van der Waals surface area contributed by atoms with E-state index in [-0.39, 0.29) is 61.2 Å². The molecule has 0 saturated carbocycles. The smallest absolute Gasteiger partial charge is 0.497 e. The fraction of sp³-hybridized carbons (Fsp3) is 0.370. The van der Waals surface area contributed by atoms with E-state index in [1.165, 1.54) is 30.2 Å². The first kappa shape index (κ1) is 55.3. The molecule has 81 heavy (non-hydrogen) atoms. The fourth-order valence-electron chi connectivity index (χ4n) is 9.99. The molecule has 26 nitrogen and oxygen atoms in total. The molecule has 0 spiro atoms. The van der Waals surface area contributed by atoms with E-state index >= 15 is 0 Å². The maximum atomic E-state index is 13.9. The van der Waals surface area contributed by atoms with Gasteiger partial charge in [0.05, 0.1) is 53.7 Å². The Bertz CT molecular complexity index is 3350. The Hall–Kier alpha value is -9.01. The fourth-order valence-corrected chi connectivity index (χ4v) is 10.1. The van der Waals surface area contributed by atoms with Crippen molar-refractivity contribution in [3.05, 3.63) is 119 Å². The third-order valence-corrected chi connectivity index (χ3v) is 14.3. The number of ether oxygens (including phenoxy) is 8. The summed E-state index contributed by atoms with van der Waals surface area (Å²) in [6, 6.07) is 15.4. The van der Waals surface area contributed by atoms with E-state index in [2.05, 4.69) is 30.7 Å². The number of imide groups is 2. The molecule has 4 fully saturated rings. The van der Waals surface area contributed by atoms with E-state index in [0.29, 0.717) is 90.4 Å². The predicted octanol–water partition coefficient (Wildman–Crippen LogP) is 5.57. The van der Waals surface area contributed by atoms with Gasteiger partial charge >= 0.3 is 24.4 Å². The molecular formula is C54H53ClN8O18. The van der Waals surface area contributed by atoms with Gasteiger partial charge in [0.25, 0.3) is 23.6 Å². The first-order chi connectivity index (χ1) is 39.2. The number of methoxy groups -OCH3 is 2. The van der Waals surface area contributed by atoms with Crippen LogP contribution in [0.15, 0.2) is 94.3 Å². The molecule has 6 aliphatic rings. The largest absolute Gasteiger partial charge is 0.510 e. The topological polar surface area (TPSA) is 308 Å². The van der Waals surface area contributed by atoms with Crippen LogP contribution < -0.4 is 25.4 Å². The van der Waals surface area contributed by atoms with Gasteiger partial charge in [-0.15, -0.1) is 0 Å². The third kappa shape index (κ3) is 11.6. The number of aromatic nitrogens is 2. The maximum absolute atomic E-state index is 13.9. The van der Waals surface area contributed by atoms with Crippen LogP contribution in [-0.4, -0.2) is 151 Å². The number of nitrogens with zero attached hydrogens (tertiary/aromatic N) is 5. The number of carbonyl (C=O) groups is 8. The molecule has 3 N–H and O–H groups in total. The molecule has 6 aromatic rings. The summed E-state index contributed by atoms with van der Waals surface area (Å²) in [5.74, 6) is -0.443. The molecule has 8 amide bonds. The zero-order valence-electron chi connectivity index (χ0n) is 43.6. The quantitative estimate of drug-likeness (QED) is 0.0723. The second-order valence-corrected chi connectivity index (χ2v) is 19.4. The molecule has 4 aromatic heterocycles. The van der Waals surface area contributed by atoms with Crippen LogP contribution >= 0.6 is 11.6 Å². The predicted molar refractivity (Wildman–Crippen MR) is 277 cm³/mol. The van der Waals surface area contributed by atoms with Crippen LogP contribution in [0, 0.1) is 0 Å². The van der Waals surface area contributed by atoms with Crippen LogP contribution in [0.5, 0.6) is 11.5 Å². The van der Waals surface area contributed by atoms with Crippen molar-refractivity contribution < 1.29 is 85.1 Å². The van der Waals surface area contributed by atoms with Crippen molar-refractivity contribution in [2.24, 2.45) is 0 Å². The molecular weight excluding hydrogens is 1080 g/mol. The van der Waals surface area contributed by atoms with Crippen LogP contribution in [0.4, 0.5) is 19.2 Å². The number of fused-ring (bicyclic) bond motifs is 4. The minimum Gasteiger partial charge on any atom is -0.497 e. The molecule has 2 aromatic carbocycles. The van der Waals surface area contributed by atoms with Gasteiger partial charge < -0.3 is 67.2 Å². The van der Waals surface area contributed by atoms with E-state index in [0.717, 1.165) is 28.9 Å². The van der Waals surface area contributed by atoms with Crippen molar-refractivity contribution in [1.82, 2.24) is 40.6 Å². The summed E-state index contributed by atoms with van der Waals surface area (Å²) in [4.78, 5) is 113. The Balaban J connectivity index is 0.000000156. The van der Waals surface area contributed by atoms with Gasteiger partial charge in [0.1, 0.15) is 46.4 Å². The molecule has 10 heterocycles. The zero-order valence-corrected chi connectivity index (χ0v) is 44.4. The molecule has 4 saturated heterocycles. The maximum Gasteiger partial charge on any atom is 0.510 e. The third-order valence-electron chi connectivity index (χ3n) is 14.2. The van der Waals surface area contributed by atoms with E-state index in [4.69, 9.17) is 53.6 Å². The number of halogens is 1. The number of nitrogens with one attached hydrogen (secondary N) is 3. The highest BCUT2D eigenvalue weighted by molar-refractivity contribution is 6.17. The molecule has 0 unspecified atom stereocenters. The van der Waals surface area contributed by atoms with Crippen molar-refractivity contribution in [3.8, 4) is 11.5 Å². The van der Waals surface area contributed by atoms with Gasteiger partial charge in [-0.1, -0.05) is 23.7 Å². The van der Waals surface area contributed by atoms with Gasteiger partial charge in [-0.25, -0.2) is 24.1 Å². The molecule has 2 atom stereocenters. The second-order valence-electron chi connectivity index (χ2n) is 19.2. The van der Waals surface area contributed by atoms with Gasteiger partial charge in [-0.2, -0.15) is 0 Å². The van der Waals surface area contributed by atoms with Crippen molar-refractivity contribution in [1.29, 1.82) is 0 Å². The lowest BCUT2D eigenvalue weighted by molar-refractivity contribution is -0.136. The van der Waals surface area contributed by atoms with Crippen LogP contribution in [-0.2, 0) is 62.2 Å². The van der Waals surface area contributed by atoms with Crippen molar-refractivity contribution in [3.63, 3.8) is 0 Å². The van der Waals surface area contributed by atoms with Crippen LogP contribution in [0.3, 0.4) is 0 Å². The number of urea groups is 2. The van der Waals surface area contributed by atoms with Gasteiger partial charge in [0.2, 0.25) is 0 Å². The van der Waals surface area contributed by atoms with Crippen LogP contribution in [0.25, 0.3) is 21.9 Å². The number of hydrogen-bond donors (Lipinski definition) is 3. The number of furan rings is 2. The van der Waals surface area contributed by atoms with Gasteiger partial charge in [0, 0.05) is 85.5 Å². The van der Waals surface area contributed by atoms with E-state index in [1.54, 1.807) is 73.2 Å². The minimum atomic E-state index is -1.79. The van der Waals surface area contributed by atoms with Crippen LogP contribution in [0.2, 0.25) is 0 Å². The number of alkyl halides is 1. The van der Waals surface area contributed by atoms with Gasteiger partial charge in [-0.3, -0.25) is 34.5 Å². The second kappa shape index (κ2) is 23.8. The molecule has 424 valence electrons. The van der Waals surface area contributed by atoms with Crippen molar-refractivity contribution in [2.75, 3.05) is 66.5 Å². The van der Waals surface area contributed by atoms with Crippen molar-refractivity contribution in [2.45, 2.75) is 62.1 Å². The Morgan fingerprint density at radius 3 is 1.62 bits per heavy atom. The normalized spacial score (nSPS) is 20.6. The molecule has 0 radical (unpaired) electrons. The Morgan fingerprint density at radius 1 is 0.654 bits per heavy atom. The molecule has 12 rings (SSSR count). The number of carbonyl (C=O) groups excluding carboxylic acids is 8. The summed E-state index contributed by atoms with van der Waals surface area (Å²) in [5.41, 5.74) is 0.191. The Morgan fingerprint density at radius 2 is 1.15 bits per heavy atom. The van der Waals surface area contributed by atoms with Gasteiger partial charge in [0.15, 0.2) is 23.9 Å². The number of pyridine rings is 2. The molecule has 0 bridgehead atoms. The summed E-state index contributed by atoms with van der Waals surface area (Å²) in [7, 11) is 3.04. The minimum absolute atomic E-state index is 0.0746. The summed E-state index contributed by atoms with van der Waals surface area (Å²) in [6.07, 6.45) is 6.66. The summed E-state index contributed by atoms with van der Waals surface area (Å²) >= 11 is 5.17. The number of hydrogen-bond acceptors (Lipinski definition) is 20. The SMILES string of the molecule is COc1ccc2c(c1)C(=O)N(C[C@@]1(c3cc4cnccc4o3)NC(=O)N(COC(=O)OC3CCOCC3)C1=O)C2.COc1ccc2c(c1)C(=O)N(C[C@@]1(c3cc4cnccc4o3)NC(=O)NC1=O)C2.O=C(OCCl)OC1CCOCC1. The molecule has 0 aliphatic carbocycles.